The van der Waals surface area contributed by atoms with E-state index in [1.165, 1.54) is 0 Å². The fraction of sp³-hybridized carbons (Fsp3) is 0.200. The van der Waals surface area contributed by atoms with Gasteiger partial charge in [0.15, 0.2) is 0 Å². The Hall–Kier alpha value is -3.12. The first kappa shape index (κ1) is 16.4. The summed E-state index contributed by atoms with van der Waals surface area (Å²) < 4.78 is 9.19. The number of benzene rings is 2. The van der Waals surface area contributed by atoms with Crippen molar-refractivity contribution in [2.75, 3.05) is 19.0 Å². The Balaban J connectivity index is 1.63. The van der Waals surface area contributed by atoms with Crippen molar-refractivity contribution in [2.24, 2.45) is 7.05 Å². The number of carbonyl (C=O) groups excluding carboxylic acids is 1. The zero-order chi connectivity index (χ0) is 18.1. The molecule has 4 aromatic rings. The molecule has 2 aromatic carbocycles. The summed E-state index contributed by atoms with van der Waals surface area (Å²) in [4.78, 5) is 17.2. The Morgan fingerprint density at radius 3 is 2.92 bits per heavy atom. The van der Waals surface area contributed by atoms with Gasteiger partial charge in [-0.1, -0.05) is 6.07 Å². The number of aryl methyl sites for hydroxylation is 1. The van der Waals surface area contributed by atoms with E-state index < -0.39 is 0 Å². The molecule has 0 aliphatic carbocycles. The Bertz CT molecular complexity index is 1090. The van der Waals surface area contributed by atoms with E-state index in [-0.39, 0.29) is 5.91 Å². The maximum atomic E-state index is 12.8. The first-order valence-corrected chi connectivity index (χ1v) is 8.46. The summed E-state index contributed by atoms with van der Waals surface area (Å²) in [5.74, 6) is -0.129. The van der Waals surface area contributed by atoms with E-state index >= 15 is 0 Å². The van der Waals surface area contributed by atoms with E-state index in [9.17, 15) is 4.79 Å². The molecule has 1 N–H and O–H groups in total. The Morgan fingerprint density at radius 1 is 1.19 bits per heavy atom. The number of nitrogens with one attached hydrogen (secondary N) is 1. The number of carbonyl (C=O) groups is 1. The molecule has 6 heteroatoms. The molecule has 0 aliphatic heterocycles. The van der Waals surface area contributed by atoms with Gasteiger partial charge >= 0.3 is 0 Å². The number of hydrogen-bond donors (Lipinski definition) is 1. The topological polar surface area (TPSA) is 61.1 Å². The van der Waals surface area contributed by atoms with E-state index in [0.29, 0.717) is 12.2 Å². The van der Waals surface area contributed by atoms with Gasteiger partial charge in [0.05, 0.1) is 24.0 Å². The fourth-order valence-electron chi connectivity index (χ4n) is 3.22. The lowest BCUT2D eigenvalue weighted by atomic mass is 10.1. The van der Waals surface area contributed by atoms with Gasteiger partial charge in [0.25, 0.3) is 5.91 Å². The molecule has 0 saturated heterocycles. The minimum Gasteiger partial charge on any atom is -0.383 e. The van der Waals surface area contributed by atoms with Crippen LogP contribution in [0.15, 0.2) is 55.0 Å². The van der Waals surface area contributed by atoms with Crippen LogP contribution in [0.5, 0.6) is 0 Å². The Morgan fingerprint density at radius 2 is 2.08 bits per heavy atom. The maximum Gasteiger partial charge on any atom is 0.256 e. The maximum absolute atomic E-state index is 12.8. The van der Waals surface area contributed by atoms with E-state index in [2.05, 4.69) is 14.9 Å². The summed E-state index contributed by atoms with van der Waals surface area (Å²) in [6.07, 6.45) is 3.75. The van der Waals surface area contributed by atoms with Gasteiger partial charge in [0, 0.05) is 49.1 Å². The number of hydrogen-bond acceptors (Lipinski definition) is 3. The monoisotopic (exact) mass is 348 g/mol. The van der Waals surface area contributed by atoms with Crippen molar-refractivity contribution in [2.45, 2.75) is 6.54 Å². The molecule has 4 rings (SSSR count). The molecule has 0 radical (unpaired) electrons. The first-order chi connectivity index (χ1) is 12.7. The normalized spacial score (nSPS) is 11.3. The molecule has 6 nitrogen and oxygen atoms in total. The van der Waals surface area contributed by atoms with Crippen LogP contribution in [0.25, 0.3) is 21.9 Å². The molecule has 0 fully saturated rings. The summed E-state index contributed by atoms with van der Waals surface area (Å²) in [7, 11) is 3.63. The number of aromatic nitrogens is 3. The van der Waals surface area contributed by atoms with Gasteiger partial charge in [-0.15, -0.1) is 0 Å². The minimum atomic E-state index is -0.129. The molecular weight excluding hydrogens is 328 g/mol. The highest BCUT2D eigenvalue weighted by Gasteiger charge is 2.13. The average molecular weight is 348 g/mol. The highest BCUT2D eigenvalue weighted by molar-refractivity contribution is 6.13. The molecule has 0 aliphatic rings. The van der Waals surface area contributed by atoms with Crippen LogP contribution in [0.4, 0.5) is 5.69 Å². The summed E-state index contributed by atoms with van der Waals surface area (Å²) in [5, 5.41) is 3.91. The molecule has 0 saturated carbocycles. The number of ether oxygens (including phenoxy) is 1. The minimum absolute atomic E-state index is 0.129. The molecule has 1 amide bonds. The zero-order valence-corrected chi connectivity index (χ0v) is 14.8. The zero-order valence-electron chi connectivity index (χ0n) is 14.8. The van der Waals surface area contributed by atoms with Crippen molar-refractivity contribution in [1.29, 1.82) is 0 Å². The van der Waals surface area contributed by atoms with Crippen LogP contribution < -0.4 is 5.32 Å². The van der Waals surface area contributed by atoms with Crippen molar-refractivity contribution >= 4 is 33.5 Å². The lowest BCUT2D eigenvalue weighted by Crippen LogP contribution is -2.12. The number of imidazole rings is 1. The largest absolute Gasteiger partial charge is 0.383 e. The number of amides is 1. The van der Waals surface area contributed by atoms with Crippen LogP contribution in [0.2, 0.25) is 0 Å². The Kier molecular flexibility index (Phi) is 4.18. The van der Waals surface area contributed by atoms with E-state index in [1.807, 2.05) is 60.3 Å². The first-order valence-electron chi connectivity index (χ1n) is 8.46. The van der Waals surface area contributed by atoms with Crippen molar-refractivity contribution in [3.8, 4) is 0 Å². The molecule has 26 heavy (non-hydrogen) atoms. The SMILES string of the molecule is COCCn1ccc2c(C(=O)Nc3ccc4c(c3)ncn4C)cccc21. The van der Waals surface area contributed by atoms with E-state index in [4.69, 9.17) is 4.74 Å². The number of rotatable bonds is 5. The summed E-state index contributed by atoms with van der Waals surface area (Å²) in [6, 6.07) is 13.5. The number of methoxy groups -OCH3 is 1. The highest BCUT2D eigenvalue weighted by atomic mass is 16.5. The molecule has 0 unspecified atom stereocenters. The number of anilines is 1. The van der Waals surface area contributed by atoms with Gasteiger partial charge in [-0.3, -0.25) is 4.79 Å². The highest BCUT2D eigenvalue weighted by Crippen LogP contribution is 2.23. The summed E-state index contributed by atoms with van der Waals surface area (Å²) in [6.45, 7) is 1.38. The van der Waals surface area contributed by atoms with E-state index in [1.54, 1.807) is 13.4 Å². The predicted molar refractivity (Wildman–Crippen MR) is 102 cm³/mol. The second-order valence-corrected chi connectivity index (χ2v) is 6.25. The van der Waals surface area contributed by atoms with Crippen LogP contribution in [0.1, 0.15) is 10.4 Å². The molecule has 0 spiro atoms. The lowest BCUT2D eigenvalue weighted by molar-refractivity contribution is 0.102. The Labute approximate surface area is 151 Å². The molecule has 132 valence electrons. The number of nitrogens with zero attached hydrogens (tertiary/aromatic N) is 3. The van der Waals surface area contributed by atoms with Crippen LogP contribution in [-0.4, -0.2) is 33.7 Å². The van der Waals surface area contributed by atoms with Crippen LogP contribution in [-0.2, 0) is 18.3 Å². The van der Waals surface area contributed by atoms with Gasteiger partial charge in [-0.25, -0.2) is 4.98 Å². The second kappa shape index (κ2) is 6.65. The predicted octanol–water partition coefficient (Wildman–Crippen LogP) is 3.43. The van der Waals surface area contributed by atoms with Crippen molar-refractivity contribution < 1.29 is 9.53 Å². The van der Waals surface area contributed by atoms with Crippen LogP contribution >= 0.6 is 0 Å². The van der Waals surface area contributed by atoms with Crippen LogP contribution in [0.3, 0.4) is 0 Å². The molecule has 0 bridgehead atoms. The third kappa shape index (κ3) is 2.84. The summed E-state index contributed by atoms with van der Waals surface area (Å²) in [5.41, 5.74) is 4.29. The van der Waals surface area contributed by atoms with Crippen LogP contribution in [0, 0.1) is 0 Å². The second-order valence-electron chi connectivity index (χ2n) is 6.25. The molecule has 2 aromatic heterocycles. The van der Waals surface area contributed by atoms with Gasteiger partial charge in [-0.05, 0) is 36.4 Å². The van der Waals surface area contributed by atoms with Gasteiger partial charge in [0.1, 0.15) is 0 Å². The fourth-order valence-corrected chi connectivity index (χ4v) is 3.22. The molecular formula is C20H20N4O2. The third-order valence-electron chi connectivity index (χ3n) is 4.58. The molecule has 2 heterocycles. The summed E-state index contributed by atoms with van der Waals surface area (Å²) >= 11 is 0. The van der Waals surface area contributed by atoms with Crippen molar-refractivity contribution in [3.05, 3.63) is 60.6 Å². The quantitative estimate of drug-likeness (QED) is 0.601. The number of fused-ring (bicyclic) bond motifs is 2. The van der Waals surface area contributed by atoms with Gasteiger partial charge in [-0.2, -0.15) is 0 Å². The van der Waals surface area contributed by atoms with Crippen molar-refractivity contribution in [3.63, 3.8) is 0 Å². The standard InChI is InChI=1S/C20H20N4O2/c1-23-13-21-17-12-14(6-7-19(17)23)22-20(25)16-4-3-5-18-15(16)8-9-24(18)10-11-26-2/h3-9,12-13H,10-11H2,1-2H3,(H,22,25). The smallest absolute Gasteiger partial charge is 0.256 e. The third-order valence-corrected chi connectivity index (χ3v) is 4.58. The van der Waals surface area contributed by atoms with E-state index in [0.717, 1.165) is 34.2 Å². The average Bonchev–Trinajstić information content (AvgIpc) is 3.23. The molecule has 0 atom stereocenters. The van der Waals surface area contributed by atoms with Gasteiger partial charge in [0.2, 0.25) is 0 Å². The lowest BCUT2D eigenvalue weighted by Gasteiger charge is -2.08. The van der Waals surface area contributed by atoms with Crippen molar-refractivity contribution in [1.82, 2.24) is 14.1 Å². The van der Waals surface area contributed by atoms with Gasteiger partial charge < -0.3 is 19.2 Å².